The Kier molecular flexibility index (Phi) is 4.14. The number of H-pyrrole nitrogens is 1. The number of ether oxygens (including phenoxy) is 1. The normalized spacial score (nSPS) is 11.5. The number of nitrogens with zero attached hydrogens (tertiary/aromatic N) is 3. The Balaban J connectivity index is 1.66. The number of nitrogen functional groups attached to an aromatic ring is 1. The lowest BCUT2D eigenvalue weighted by molar-refractivity contribution is -0.643. The van der Waals surface area contributed by atoms with Crippen LogP contribution in [0.4, 0.5) is 16.8 Å². The van der Waals surface area contributed by atoms with Crippen LogP contribution in [0.15, 0.2) is 64.1 Å². The minimum Gasteiger partial charge on any atom is -0.497 e. The first-order valence-electron chi connectivity index (χ1n) is 8.07. The van der Waals surface area contributed by atoms with Crippen LogP contribution in [0.3, 0.4) is 0 Å². The molecule has 0 saturated heterocycles. The minimum atomic E-state index is 0.601. The Labute approximate surface area is 154 Å². The van der Waals surface area contributed by atoms with Gasteiger partial charge >= 0.3 is 5.13 Å². The molecule has 7 heteroatoms. The summed E-state index contributed by atoms with van der Waals surface area (Å²) in [5.74, 6) is 2.10. The number of azo groups is 1. The Bertz CT molecular complexity index is 1100. The third-order valence-electron chi connectivity index (χ3n) is 4.27. The third-order valence-corrected chi connectivity index (χ3v) is 5.18. The summed E-state index contributed by atoms with van der Waals surface area (Å²) < 4.78 is 7.23. The third kappa shape index (κ3) is 2.82. The second-order valence-electron chi connectivity index (χ2n) is 5.82. The highest BCUT2D eigenvalue weighted by molar-refractivity contribution is 7.13. The minimum absolute atomic E-state index is 0.601. The number of nitrogens with one attached hydrogen (secondary N) is 1. The van der Waals surface area contributed by atoms with Crippen LogP contribution in [0.2, 0.25) is 0 Å². The summed E-state index contributed by atoms with van der Waals surface area (Å²) in [5.41, 5.74) is 8.18. The molecule has 0 atom stereocenters. The van der Waals surface area contributed by atoms with Gasteiger partial charge in [-0.15, -0.1) is 0 Å². The van der Waals surface area contributed by atoms with Crippen LogP contribution in [-0.2, 0) is 7.05 Å². The standard InChI is InChI=1S/C19H17N5OS/c1-24-16(12-7-9-13(25-2)10-8-12)11-26-19(24)23-22-18-15-6-4-3-5-14(15)17(20)21-18/h3-11H,1-2H3,(H2,20,21,22)/p+1. The second kappa shape index (κ2) is 6.61. The molecular weight excluding hydrogens is 346 g/mol. The quantitative estimate of drug-likeness (QED) is 0.406. The molecule has 26 heavy (non-hydrogen) atoms. The van der Waals surface area contributed by atoms with Crippen LogP contribution >= 0.6 is 11.3 Å². The maximum Gasteiger partial charge on any atom is 0.408 e. The van der Waals surface area contributed by atoms with Crippen molar-refractivity contribution in [2.45, 2.75) is 0 Å². The number of nitrogens with two attached hydrogens (primary N) is 1. The van der Waals surface area contributed by atoms with Crippen LogP contribution in [0.25, 0.3) is 22.0 Å². The van der Waals surface area contributed by atoms with Crippen LogP contribution in [0, 0.1) is 0 Å². The second-order valence-corrected chi connectivity index (χ2v) is 6.66. The van der Waals surface area contributed by atoms with Gasteiger partial charge in [-0.25, -0.2) is 4.57 Å². The van der Waals surface area contributed by atoms with Gasteiger partial charge in [0.1, 0.15) is 17.3 Å². The van der Waals surface area contributed by atoms with Crippen molar-refractivity contribution in [1.29, 1.82) is 0 Å². The molecule has 3 N–H and O–H groups in total. The highest BCUT2D eigenvalue weighted by Gasteiger charge is 2.17. The van der Waals surface area contributed by atoms with Crippen molar-refractivity contribution in [3.63, 3.8) is 0 Å². The molecule has 0 spiro atoms. The van der Waals surface area contributed by atoms with Crippen molar-refractivity contribution in [2.75, 3.05) is 12.8 Å². The summed E-state index contributed by atoms with van der Waals surface area (Å²) in [6.07, 6.45) is 0. The number of methoxy groups -OCH3 is 1. The lowest BCUT2D eigenvalue weighted by atomic mass is 10.1. The van der Waals surface area contributed by atoms with E-state index in [2.05, 4.69) is 20.6 Å². The van der Waals surface area contributed by atoms with Gasteiger partial charge in [-0.2, -0.15) is 0 Å². The van der Waals surface area contributed by atoms with E-state index < -0.39 is 0 Å². The van der Waals surface area contributed by atoms with Gasteiger partial charge in [-0.3, -0.25) is 0 Å². The maximum atomic E-state index is 6.01. The number of aromatic nitrogens is 2. The van der Waals surface area contributed by atoms with E-state index >= 15 is 0 Å². The fourth-order valence-corrected chi connectivity index (χ4v) is 3.70. The fourth-order valence-electron chi connectivity index (χ4n) is 2.84. The molecule has 4 rings (SSSR count). The highest BCUT2D eigenvalue weighted by Crippen LogP contribution is 2.32. The molecule has 130 valence electrons. The van der Waals surface area contributed by atoms with Gasteiger partial charge in [0.25, 0.3) is 0 Å². The Morgan fingerprint density at radius 3 is 2.50 bits per heavy atom. The van der Waals surface area contributed by atoms with Crippen molar-refractivity contribution in [1.82, 2.24) is 4.98 Å². The molecule has 2 aromatic heterocycles. The topological polar surface area (TPSA) is 79.6 Å². The van der Waals surface area contributed by atoms with Crippen molar-refractivity contribution in [2.24, 2.45) is 17.3 Å². The SMILES string of the molecule is COc1ccc(-c2csc(/N=N/c3[nH]c(N)c4ccccc34)[n+]2C)cc1. The zero-order valence-corrected chi connectivity index (χ0v) is 15.2. The summed E-state index contributed by atoms with van der Waals surface area (Å²) in [6, 6.07) is 15.8. The number of aromatic amines is 1. The largest absolute Gasteiger partial charge is 0.497 e. The summed E-state index contributed by atoms with van der Waals surface area (Å²) in [6.45, 7) is 0. The van der Waals surface area contributed by atoms with Gasteiger partial charge in [-0.1, -0.05) is 24.3 Å². The van der Waals surface area contributed by atoms with Gasteiger partial charge in [0.2, 0.25) is 0 Å². The number of anilines is 1. The molecule has 0 fully saturated rings. The number of thiazole rings is 1. The molecule has 2 aromatic carbocycles. The number of hydrogen-bond donors (Lipinski definition) is 2. The van der Waals surface area contributed by atoms with Gasteiger partial charge in [0, 0.05) is 21.7 Å². The smallest absolute Gasteiger partial charge is 0.408 e. The van der Waals surface area contributed by atoms with Crippen LogP contribution < -0.4 is 15.0 Å². The van der Waals surface area contributed by atoms with Crippen LogP contribution in [0.5, 0.6) is 5.75 Å². The van der Waals surface area contributed by atoms with E-state index in [-0.39, 0.29) is 0 Å². The van der Waals surface area contributed by atoms with E-state index in [1.165, 1.54) is 11.3 Å². The number of rotatable bonds is 4. The van der Waals surface area contributed by atoms with Gasteiger partial charge < -0.3 is 15.5 Å². The van der Waals surface area contributed by atoms with E-state index in [9.17, 15) is 0 Å². The fraction of sp³-hybridized carbons (Fsp3) is 0.105. The van der Waals surface area contributed by atoms with Crippen molar-refractivity contribution in [3.8, 4) is 17.0 Å². The molecule has 0 saturated carbocycles. The molecule has 0 radical (unpaired) electrons. The lowest BCUT2D eigenvalue weighted by Crippen LogP contribution is -2.27. The van der Waals surface area contributed by atoms with Crippen LogP contribution in [-0.4, -0.2) is 12.1 Å². The zero-order chi connectivity index (χ0) is 18.1. The zero-order valence-electron chi connectivity index (χ0n) is 14.4. The van der Waals surface area contributed by atoms with E-state index in [4.69, 9.17) is 10.5 Å². The predicted octanol–water partition coefficient (Wildman–Crippen LogP) is 4.73. The van der Waals surface area contributed by atoms with Crippen molar-refractivity contribution < 1.29 is 9.30 Å². The maximum absolute atomic E-state index is 6.01. The predicted molar refractivity (Wildman–Crippen MR) is 104 cm³/mol. The first kappa shape index (κ1) is 16.3. The average Bonchev–Trinajstić information content (AvgIpc) is 3.20. The van der Waals surface area contributed by atoms with Gasteiger partial charge in [0.15, 0.2) is 5.82 Å². The molecule has 0 unspecified atom stereocenters. The van der Waals surface area contributed by atoms with E-state index in [1.54, 1.807) is 7.11 Å². The molecule has 0 bridgehead atoms. The van der Waals surface area contributed by atoms with E-state index in [1.807, 2.05) is 60.1 Å². The Morgan fingerprint density at radius 2 is 1.77 bits per heavy atom. The first-order valence-corrected chi connectivity index (χ1v) is 8.95. The van der Waals surface area contributed by atoms with E-state index in [0.717, 1.165) is 32.9 Å². The molecule has 0 amide bonds. The molecule has 6 nitrogen and oxygen atoms in total. The molecule has 4 aromatic rings. The number of fused-ring (bicyclic) bond motifs is 1. The Hall–Kier alpha value is -3.19. The first-order chi connectivity index (χ1) is 12.7. The molecule has 0 aliphatic carbocycles. The van der Waals surface area contributed by atoms with E-state index in [0.29, 0.717) is 11.6 Å². The monoisotopic (exact) mass is 364 g/mol. The lowest BCUT2D eigenvalue weighted by Gasteiger charge is -2.01. The molecule has 0 aliphatic rings. The van der Waals surface area contributed by atoms with Crippen molar-refractivity contribution in [3.05, 3.63) is 53.9 Å². The summed E-state index contributed by atoms with van der Waals surface area (Å²) in [7, 11) is 3.64. The number of hydrogen-bond acceptors (Lipinski definition) is 5. The summed E-state index contributed by atoms with van der Waals surface area (Å²) >= 11 is 1.54. The average molecular weight is 364 g/mol. The Morgan fingerprint density at radius 1 is 1.04 bits per heavy atom. The van der Waals surface area contributed by atoms with Gasteiger partial charge in [-0.05, 0) is 40.7 Å². The molecule has 0 aliphatic heterocycles. The summed E-state index contributed by atoms with van der Waals surface area (Å²) in [5, 5.41) is 13.6. The van der Waals surface area contributed by atoms with Crippen LogP contribution in [0.1, 0.15) is 0 Å². The van der Waals surface area contributed by atoms with Crippen molar-refractivity contribution >= 4 is 38.9 Å². The molecule has 2 heterocycles. The summed E-state index contributed by atoms with van der Waals surface area (Å²) in [4.78, 5) is 3.09. The van der Waals surface area contributed by atoms with Gasteiger partial charge in [0.05, 0.1) is 19.3 Å². The number of benzene rings is 2. The highest BCUT2D eigenvalue weighted by atomic mass is 32.1. The molecular formula is C19H18N5OS+.